The highest BCUT2D eigenvalue weighted by atomic mass is 16.6. The summed E-state index contributed by atoms with van der Waals surface area (Å²) in [4.78, 5) is 22.7. The second-order valence-corrected chi connectivity index (χ2v) is 3.52. The van der Waals surface area contributed by atoms with Gasteiger partial charge in [0.05, 0.1) is 19.5 Å². The van der Waals surface area contributed by atoms with Crippen molar-refractivity contribution in [3.8, 4) is 0 Å². The van der Waals surface area contributed by atoms with E-state index in [1.54, 1.807) is 0 Å². The van der Waals surface area contributed by atoms with Crippen LogP contribution < -0.4 is 0 Å². The van der Waals surface area contributed by atoms with Gasteiger partial charge in [-0.1, -0.05) is 12.7 Å². The van der Waals surface area contributed by atoms with Crippen LogP contribution in [0, 0.1) is 0 Å². The minimum absolute atomic E-state index is 0.00469. The Balaban J connectivity index is 2.32. The van der Waals surface area contributed by atoms with Gasteiger partial charge in [0.25, 0.3) is 0 Å². The number of carboxylic acids is 1. The average molecular weight is 215 g/mol. The largest absolute Gasteiger partial charge is 0.481 e. The van der Waals surface area contributed by atoms with Gasteiger partial charge in [-0.25, -0.2) is 4.79 Å². The van der Waals surface area contributed by atoms with Crippen LogP contribution >= 0.6 is 0 Å². The molecule has 0 unspecified atom stereocenters. The van der Waals surface area contributed by atoms with Crippen molar-refractivity contribution in [1.82, 2.24) is 4.90 Å². The van der Waals surface area contributed by atoms with Crippen molar-refractivity contribution in [1.29, 1.82) is 0 Å². The van der Waals surface area contributed by atoms with E-state index in [2.05, 4.69) is 6.58 Å². The molecule has 0 aromatic carbocycles. The average Bonchev–Trinajstić information content (AvgIpc) is 2.09. The molecule has 0 bridgehead atoms. The van der Waals surface area contributed by atoms with Crippen molar-refractivity contribution < 1.29 is 24.5 Å². The van der Waals surface area contributed by atoms with Crippen LogP contribution in [0.3, 0.4) is 0 Å². The first-order valence-electron chi connectivity index (χ1n) is 4.44. The third kappa shape index (κ3) is 2.95. The zero-order valence-corrected chi connectivity index (χ0v) is 8.18. The molecule has 84 valence electrons. The lowest BCUT2D eigenvalue weighted by Gasteiger charge is -2.44. The van der Waals surface area contributed by atoms with Crippen molar-refractivity contribution in [3.05, 3.63) is 12.7 Å². The first-order valence-corrected chi connectivity index (χ1v) is 4.44. The maximum atomic E-state index is 11.2. The molecule has 1 heterocycles. The Morgan fingerprint density at radius 3 is 2.60 bits per heavy atom. The molecule has 2 N–H and O–H groups in total. The topological polar surface area (TPSA) is 87.1 Å². The summed E-state index contributed by atoms with van der Waals surface area (Å²) in [5.74, 6) is -1.09. The predicted molar refractivity (Wildman–Crippen MR) is 50.3 cm³/mol. The molecule has 1 aliphatic heterocycles. The molecule has 6 nitrogen and oxygen atoms in total. The number of β-amino-alcohol motifs (C(OH)–C–C–N with tert-alkyl or cyclic N) is 1. The number of carboxylic acid groups (broad SMARTS) is 1. The van der Waals surface area contributed by atoms with E-state index >= 15 is 0 Å². The Morgan fingerprint density at radius 1 is 1.53 bits per heavy atom. The molecule has 0 aliphatic carbocycles. The fourth-order valence-corrected chi connectivity index (χ4v) is 1.41. The number of amides is 1. The maximum absolute atomic E-state index is 11.2. The number of carbonyl (C=O) groups excluding carboxylic acids is 1. The lowest BCUT2D eigenvalue weighted by Crippen LogP contribution is -2.64. The first-order chi connectivity index (χ1) is 6.97. The number of nitrogens with zero attached hydrogens (tertiary/aromatic N) is 1. The minimum atomic E-state index is -1.31. The number of hydrogen-bond acceptors (Lipinski definition) is 4. The van der Waals surface area contributed by atoms with E-state index in [-0.39, 0.29) is 26.1 Å². The van der Waals surface area contributed by atoms with Gasteiger partial charge < -0.3 is 19.8 Å². The van der Waals surface area contributed by atoms with Crippen LogP contribution in [-0.4, -0.2) is 52.5 Å². The van der Waals surface area contributed by atoms with Gasteiger partial charge in [-0.3, -0.25) is 4.79 Å². The zero-order chi connectivity index (χ0) is 11.5. The summed E-state index contributed by atoms with van der Waals surface area (Å²) in [6.45, 7) is 3.48. The smallest absolute Gasteiger partial charge is 0.410 e. The fourth-order valence-electron chi connectivity index (χ4n) is 1.41. The van der Waals surface area contributed by atoms with Crippen LogP contribution in [-0.2, 0) is 9.53 Å². The molecule has 1 fully saturated rings. The number of hydrogen-bond donors (Lipinski definition) is 2. The molecule has 0 spiro atoms. The van der Waals surface area contributed by atoms with Crippen LogP contribution in [0.5, 0.6) is 0 Å². The Morgan fingerprint density at radius 2 is 2.13 bits per heavy atom. The number of likely N-dealkylation sites (tertiary alicyclic amines) is 1. The number of aliphatic carboxylic acids is 1. The van der Waals surface area contributed by atoms with Crippen molar-refractivity contribution in [2.24, 2.45) is 0 Å². The Kier molecular flexibility index (Phi) is 3.31. The van der Waals surface area contributed by atoms with Gasteiger partial charge in [0.1, 0.15) is 12.2 Å². The van der Waals surface area contributed by atoms with Crippen molar-refractivity contribution in [3.63, 3.8) is 0 Å². The quantitative estimate of drug-likeness (QED) is 0.636. The second kappa shape index (κ2) is 4.31. The lowest BCUT2D eigenvalue weighted by atomic mass is 9.91. The maximum Gasteiger partial charge on any atom is 0.410 e. The monoisotopic (exact) mass is 215 g/mol. The highest BCUT2D eigenvalue weighted by Crippen LogP contribution is 2.24. The SMILES string of the molecule is C=CCOC(=O)N1CC(O)(CC(=O)O)C1. The molecule has 1 aliphatic rings. The van der Waals surface area contributed by atoms with Gasteiger partial charge >= 0.3 is 12.1 Å². The number of aliphatic hydroxyl groups is 1. The molecule has 1 saturated heterocycles. The van der Waals surface area contributed by atoms with Crippen LogP contribution in [0.1, 0.15) is 6.42 Å². The summed E-state index contributed by atoms with van der Waals surface area (Å²) in [6, 6.07) is 0. The molecule has 0 aromatic heterocycles. The highest BCUT2D eigenvalue weighted by Gasteiger charge is 2.45. The third-order valence-corrected chi connectivity index (χ3v) is 2.03. The predicted octanol–water partition coefficient (Wildman–Crippen LogP) is -0.170. The van der Waals surface area contributed by atoms with Crippen molar-refractivity contribution in [2.45, 2.75) is 12.0 Å². The summed E-state index contributed by atoms with van der Waals surface area (Å²) in [7, 11) is 0. The van der Waals surface area contributed by atoms with Gasteiger partial charge in [0.2, 0.25) is 0 Å². The molecule has 15 heavy (non-hydrogen) atoms. The highest BCUT2D eigenvalue weighted by molar-refractivity contribution is 5.72. The van der Waals surface area contributed by atoms with Crippen LogP contribution in [0.15, 0.2) is 12.7 Å². The molecular weight excluding hydrogens is 202 g/mol. The fraction of sp³-hybridized carbons (Fsp3) is 0.556. The van der Waals surface area contributed by atoms with E-state index in [4.69, 9.17) is 9.84 Å². The summed E-state index contributed by atoms with van der Waals surface area (Å²) in [5, 5.41) is 18.0. The Labute approximate surface area is 86.7 Å². The van der Waals surface area contributed by atoms with Crippen LogP contribution in [0.4, 0.5) is 4.79 Å². The van der Waals surface area contributed by atoms with Gasteiger partial charge in [0, 0.05) is 0 Å². The van der Waals surface area contributed by atoms with Crippen LogP contribution in [0.25, 0.3) is 0 Å². The third-order valence-electron chi connectivity index (χ3n) is 2.03. The molecule has 0 saturated carbocycles. The number of rotatable bonds is 4. The van der Waals surface area contributed by atoms with E-state index < -0.39 is 17.7 Å². The molecule has 6 heteroatoms. The Bertz CT molecular complexity index is 282. The van der Waals surface area contributed by atoms with E-state index in [0.29, 0.717) is 0 Å². The second-order valence-electron chi connectivity index (χ2n) is 3.52. The lowest BCUT2D eigenvalue weighted by molar-refractivity contribution is -0.151. The summed E-state index contributed by atoms with van der Waals surface area (Å²) in [6.07, 6.45) is 0.504. The van der Waals surface area contributed by atoms with Gasteiger partial charge in [0.15, 0.2) is 0 Å². The summed E-state index contributed by atoms with van der Waals surface area (Å²) >= 11 is 0. The minimum Gasteiger partial charge on any atom is -0.481 e. The zero-order valence-electron chi connectivity index (χ0n) is 8.18. The molecular formula is C9H13NO5. The molecule has 0 atom stereocenters. The number of ether oxygens (including phenoxy) is 1. The van der Waals surface area contributed by atoms with Crippen molar-refractivity contribution >= 4 is 12.1 Å². The van der Waals surface area contributed by atoms with Gasteiger partial charge in [-0.2, -0.15) is 0 Å². The van der Waals surface area contributed by atoms with Crippen molar-refractivity contribution in [2.75, 3.05) is 19.7 Å². The summed E-state index contributed by atoms with van der Waals surface area (Å²) < 4.78 is 4.70. The molecule has 0 radical (unpaired) electrons. The number of carbonyl (C=O) groups is 2. The first kappa shape index (κ1) is 11.5. The van der Waals surface area contributed by atoms with E-state index in [0.717, 1.165) is 0 Å². The van der Waals surface area contributed by atoms with E-state index in [1.165, 1.54) is 11.0 Å². The standard InChI is InChI=1S/C9H13NO5/c1-2-3-15-8(13)10-5-9(14,6-10)4-7(11)12/h2,14H,1,3-6H2,(H,11,12). The molecule has 1 rings (SSSR count). The van der Waals surface area contributed by atoms with E-state index in [9.17, 15) is 14.7 Å². The summed E-state index contributed by atoms with van der Waals surface area (Å²) in [5.41, 5.74) is -1.31. The molecule has 0 aromatic rings. The van der Waals surface area contributed by atoms with Gasteiger partial charge in [-0.05, 0) is 0 Å². The van der Waals surface area contributed by atoms with Crippen LogP contribution in [0.2, 0.25) is 0 Å². The van der Waals surface area contributed by atoms with E-state index in [1.807, 2.05) is 0 Å². The normalized spacial score (nSPS) is 17.8. The Hall–Kier alpha value is -1.56. The van der Waals surface area contributed by atoms with Gasteiger partial charge in [-0.15, -0.1) is 0 Å². The molecule has 1 amide bonds.